The Balaban J connectivity index is 1.93. The van der Waals surface area contributed by atoms with Crippen LogP contribution in [0.2, 0.25) is 0 Å². The summed E-state index contributed by atoms with van der Waals surface area (Å²) in [6.07, 6.45) is -0.603. The standard InChI is InChI=1S/C13H16N4O/c1-9-2-7-13(17-16-9)15-8-12(18)10-3-5-11(14)6-4-10/h2-7,12,18H,8,14H2,1H3,(H,15,17). The summed E-state index contributed by atoms with van der Waals surface area (Å²) in [5.41, 5.74) is 7.95. The number of hydrogen-bond acceptors (Lipinski definition) is 5. The molecule has 1 heterocycles. The van der Waals surface area contributed by atoms with Crippen molar-refractivity contribution in [2.24, 2.45) is 0 Å². The average molecular weight is 244 g/mol. The normalized spacial score (nSPS) is 12.1. The molecule has 0 aliphatic carbocycles. The highest BCUT2D eigenvalue weighted by molar-refractivity contribution is 5.40. The number of rotatable bonds is 4. The van der Waals surface area contributed by atoms with Crippen LogP contribution in [0.1, 0.15) is 17.4 Å². The van der Waals surface area contributed by atoms with Gasteiger partial charge >= 0.3 is 0 Å². The van der Waals surface area contributed by atoms with Gasteiger partial charge in [0.1, 0.15) is 5.82 Å². The molecule has 1 aromatic carbocycles. The van der Waals surface area contributed by atoms with Crippen molar-refractivity contribution in [3.05, 3.63) is 47.7 Å². The molecular formula is C13H16N4O. The lowest BCUT2D eigenvalue weighted by atomic mass is 10.1. The van der Waals surface area contributed by atoms with Crippen LogP contribution in [-0.4, -0.2) is 21.8 Å². The third kappa shape index (κ3) is 3.18. The van der Waals surface area contributed by atoms with Gasteiger partial charge in [-0.15, -0.1) is 5.10 Å². The zero-order valence-electron chi connectivity index (χ0n) is 10.2. The van der Waals surface area contributed by atoms with Gasteiger partial charge in [-0.25, -0.2) is 0 Å². The van der Waals surface area contributed by atoms with E-state index in [-0.39, 0.29) is 0 Å². The van der Waals surface area contributed by atoms with Crippen molar-refractivity contribution in [1.82, 2.24) is 10.2 Å². The van der Waals surface area contributed by atoms with Crippen LogP contribution >= 0.6 is 0 Å². The van der Waals surface area contributed by atoms with Gasteiger partial charge < -0.3 is 16.2 Å². The number of nitrogens with zero attached hydrogens (tertiary/aromatic N) is 2. The summed E-state index contributed by atoms with van der Waals surface area (Å²) in [7, 11) is 0. The fourth-order valence-corrected chi connectivity index (χ4v) is 1.53. The van der Waals surface area contributed by atoms with Gasteiger partial charge in [0.15, 0.2) is 0 Å². The second-order valence-corrected chi connectivity index (χ2v) is 4.12. The first-order chi connectivity index (χ1) is 8.65. The van der Waals surface area contributed by atoms with Crippen molar-refractivity contribution in [2.45, 2.75) is 13.0 Å². The van der Waals surface area contributed by atoms with Crippen LogP contribution < -0.4 is 11.1 Å². The Morgan fingerprint density at radius 2 is 1.89 bits per heavy atom. The van der Waals surface area contributed by atoms with Crippen molar-refractivity contribution < 1.29 is 5.11 Å². The van der Waals surface area contributed by atoms with E-state index in [1.165, 1.54) is 0 Å². The number of aryl methyl sites for hydroxylation is 1. The monoisotopic (exact) mass is 244 g/mol. The Kier molecular flexibility index (Phi) is 3.74. The van der Waals surface area contributed by atoms with E-state index < -0.39 is 6.10 Å². The van der Waals surface area contributed by atoms with Gasteiger partial charge in [0, 0.05) is 12.2 Å². The lowest BCUT2D eigenvalue weighted by molar-refractivity contribution is 0.191. The van der Waals surface area contributed by atoms with Gasteiger partial charge in [-0.3, -0.25) is 0 Å². The molecule has 0 saturated heterocycles. The number of benzene rings is 1. The molecule has 1 aromatic heterocycles. The quantitative estimate of drug-likeness (QED) is 0.710. The minimum Gasteiger partial charge on any atom is -0.399 e. The summed E-state index contributed by atoms with van der Waals surface area (Å²) < 4.78 is 0. The van der Waals surface area contributed by atoms with Gasteiger partial charge in [-0.1, -0.05) is 12.1 Å². The van der Waals surface area contributed by atoms with E-state index in [0.29, 0.717) is 18.1 Å². The van der Waals surface area contributed by atoms with E-state index in [1.807, 2.05) is 31.2 Å². The summed E-state index contributed by atoms with van der Waals surface area (Å²) in [5.74, 6) is 0.648. The number of aliphatic hydroxyl groups excluding tert-OH is 1. The molecule has 2 aromatic rings. The van der Waals surface area contributed by atoms with Crippen LogP contribution in [0.4, 0.5) is 11.5 Å². The van der Waals surface area contributed by atoms with Crippen LogP contribution in [-0.2, 0) is 0 Å². The van der Waals surface area contributed by atoms with E-state index in [9.17, 15) is 5.11 Å². The van der Waals surface area contributed by atoms with Crippen molar-refractivity contribution in [3.8, 4) is 0 Å². The van der Waals surface area contributed by atoms with Crippen LogP contribution in [0.3, 0.4) is 0 Å². The summed E-state index contributed by atoms with van der Waals surface area (Å²) in [6.45, 7) is 2.25. The highest BCUT2D eigenvalue weighted by Gasteiger charge is 2.07. The zero-order valence-corrected chi connectivity index (χ0v) is 10.2. The number of nitrogen functional groups attached to an aromatic ring is 1. The molecule has 94 valence electrons. The Morgan fingerprint density at radius 1 is 1.17 bits per heavy atom. The average Bonchev–Trinajstić information content (AvgIpc) is 2.38. The summed E-state index contributed by atoms with van der Waals surface area (Å²) >= 11 is 0. The third-order valence-electron chi connectivity index (χ3n) is 2.60. The first kappa shape index (κ1) is 12.3. The topological polar surface area (TPSA) is 84.1 Å². The zero-order chi connectivity index (χ0) is 13.0. The first-order valence-electron chi connectivity index (χ1n) is 5.73. The molecule has 0 bridgehead atoms. The number of aromatic nitrogens is 2. The molecule has 0 spiro atoms. The first-order valence-corrected chi connectivity index (χ1v) is 5.73. The van der Waals surface area contributed by atoms with Gasteiger partial charge in [0.05, 0.1) is 11.8 Å². The molecule has 0 saturated carbocycles. The van der Waals surface area contributed by atoms with E-state index in [1.54, 1.807) is 12.1 Å². The largest absolute Gasteiger partial charge is 0.399 e. The van der Waals surface area contributed by atoms with Crippen LogP contribution in [0, 0.1) is 6.92 Å². The molecule has 5 heteroatoms. The Hall–Kier alpha value is -2.14. The molecule has 2 rings (SSSR count). The highest BCUT2D eigenvalue weighted by atomic mass is 16.3. The van der Waals surface area contributed by atoms with Gasteiger partial charge in [-0.2, -0.15) is 5.10 Å². The SMILES string of the molecule is Cc1ccc(NCC(O)c2ccc(N)cc2)nn1. The number of anilines is 2. The van der Waals surface area contributed by atoms with Crippen molar-refractivity contribution in [1.29, 1.82) is 0 Å². The van der Waals surface area contributed by atoms with E-state index in [4.69, 9.17) is 5.73 Å². The molecule has 0 aliphatic heterocycles. The maximum absolute atomic E-state index is 9.98. The molecule has 4 N–H and O–H groups in total. The fraction of sp³-hybridized carbons (Fsp3) is 0.231. The number of hydrogen-bond donors (Lipinski definition) is 3. The van der Waals surface area contributed by atoms with Crippen LogP contribution in [0.15, 0.2) is 36.4 Å². The van der Waals surface area contributed by atoms with Crippen LogP contribution in [0.25, 0.3) is 0 Å². The second kappa shape index (κ2) is 5.46. The molecule has 0 radical (unpaired) electrons. The lowest BCUT2D eigenvalue weighted by Crippen LogP contribution is -2.13. The summed E-state index contributed by atoms with van der Waals surface area (Å²) in [5, 5.41) is 20.9. The molecule has 0 aliphatic rings. The van der Waals surface area contributed by atoms with Crippen molar-refractivity contribution in [2.75, 3.05) is 17.6 Å². The number of nitrogens with one attached hydrogen (secondary N) is 1. The molecule has 18 heavy (non-hydrogen) atoms. The maximum atomic E-state index is 9.98. The van der Waals surface area contributed by atoms with E-state index in [0.717, 1.165) is 11.3 Å². The second-order valence-electron chi connectivity index (χ2n) is 4.12. The molecule has 5 nitrogen and oxygen atoms in total. The van der Waals surface area contributed by atoms with Gasteiger partial charge in [0.2, 0.25) is 0 Å². The maximum Gasteiger partial charge on any atom is 0.148 e. The molecule has 1 unspecified atom stereocenters. The predicted octanol–water partition coefficient (Wildman–Crippen LogP) is 1.51. The van der Waals surface area contributed by atoms with E-state index in [2.05, 4.69) is 15.5 Å². The van der Waals surface area contributed by atoms with E-state index >= 15 is 0 Å². The van der Waals surface area contributed by atoms with Crippen molar-refractivity contribution in [3.63, 3.8) is 0 Å². The van der Waals surface area contributed by atoms with Gasteiger partial charge in [-0.05, 0) is 36.8 Å². The third-order valence-corrected chi connectivity index (χ3v) is 2.60. The highest BCUT2D eigenvalue weighted by Crippen LogP contribution is 2.15. The Bertz CT molecular complexity index is 495. The molecular weight excluding hydrogens is 228 g/mol. The molecule has 1 atom stereocenters. The number of aliphatic hydroxyl groups is 1. The molecule has 0 fully saturated rings. The minimum absolute atomic E-state index is 0.377. The Labute approximate surface area is 106 Å². The van der Waals surface area contributed by atoms with Crippen LogP contribution in [0.5, 0.6) is 0 Å². The molecule has 0 amide bonds. The van der Waals surface area contributed by atoms with Crippen molar-refractivity contribution >= 4 is 11.5 Å². The minimum atomic E-state index is -0.603. The smallest absolute Gasteiger partial charge is 0.148 e. The number of nitrogens with two attached hydrogens (primary N) is 1. The van der Waals surface area contributed by atoms with Gasteiger partial charge in [0.25, 0.3) is 0 Å². The Morgan fingerprint density at radius 3 is 2.50 bits per heavy atom. The predicted molar refractivity (Wildman–Crippen MR) is 71.1 cm³/mol. The lowest BCUT2D eigenvalue weighted by Gasteiger charge is -2.12. The fourth-order valence-electron chi connectivity index (χ4n) is 1.53. The summed E-state index contributed by atoms with van der Waals surface area (Å²) in [6, 6.07) is 10.8. The summed E-state index contributed by atoms with van der Waals surface area (Å²) in [4.78, 5) is 0.